The highest BCUT2D eigenvalue weighted by Crippen LogP contribution is 2.12. The standard InChI is InChI=1S/C12H9N3O3/c16-12(14-8-7-13-9-14)6-3-10-1-4-11(5-2-10)15(17)18/h1-9H/b6-3+. The number of imidazole rings is 1. The van der Waals surface area contributed by atoms with Crippen LogP contribution in [0.5, 0.6) is 0 Å². The van der Waals surface area contributed by atoms with Gasteiger partial charge in [0.25, 0.3) is 11.6 Å². The Balaban J connectivity index is 2.09. The number of carbonyl (C=O) groups is 1. The minimum absolute atomic E-state index is 0.0214. The van der Waals surface area contributed by atoms with E-state index in [1.807, 2.05) is 0 Å². The van der Waals surface area contributed by atoms with Crippen LogP contribution in [0.2, 0.25) is 0 Å². The molecular formula is C12H9N3O3. The van der Waals surface area contributed by atoms with Crippen molar-refractivity contribution in [2.45, 2.75) is 0 Å². The van der Waals surface area contributed by atoms with Gasteiger partial charge in [-0.1, -0.05) is 0 Å². The number of nitro benzene ring substituents is 1. The lowest BCUT2D eigenvalue weighted by Crippen LogP contribution is -2.03. The van der Waals surface area contributed by atoms with Crippen LogP contribution in [0, 0.1) is 10.1 Å². The Morgan fingerprint density at radius 3 is 2.61 bits per heavy atom. The first kappa shape index (κ1) is 11.7. The number of aromatic nitrogens is 2. The molecule has 2 rings (SSSR count). The largest absolute Gasteiger partial charge is 0.273 e. The third-order valence-corrected chi connectivity index (χ3v) is 2.28. The van der Waals surface area contributed by atoms with Crippen molar-refractivity contribution in [1.82, 2.24) is 9.55 Å². The molecule has 0 aliphatic rings. The fraction of sp³-hybridized carbons (Fsp3) is 0. The van der Waals surface area contributed by atoms with Crippen LogP contribution in [0.4, 0.5) is 5.69 Å². The first-order valence-corrected chi connectivity index (χ1v) is 5.11. The normalized spacial score (nSPS) is 10.7. The molecule has 1 aromatic carbocycles. The summed E-state index contributed by atoms with van der Waals surface area (Å²) in [6.45, 7) is 0. The molecule has 0 bridgehead atoms. The van der Waals surface area contributed by atoms with E-state index in [-0.39, 0.29) is 11.6 Å². The first-order chi connectivity index (χ1) is 8.66. The monoisotopic (exact) mass is 243 g/mol. The molecule has 0 spiro atoms. The Kier molecular flexibility index (Phi) is 3.29. The molecule has 0 atom stereocenters. The summed E-state index contributed by atoms with van der Waals surface area (Å²) in [4.78, 5) is 25.3. The van der Waals surface area contributed by atoms with E-state index in [0.29, 0.717) is 5.56 Å². The van der Waals surface area contributed by atoms with Crippen LogP contribution < -0.4 is 0 Å². The van der Waals surface area contributed by atoms with Crippen molar-refractivity contribution in [3.8, 4) is 0 Å². The van der Waals surface area contributed by atoms with Crippen LogP contribution in [0.3, 0.4) is 0 Å². The zero-order valence-electron chi connectivity index (χ0n) is 9.26. The van der Waals surface area contributed by atoms with Crippen LogP contribution in [-0.2, 0) is 0 Å². The van der Waals surface area contributed by atoms with Gasteiger partial charge >= 0.3 is 0 Å². The van der Waals surface area contributed by atoms with Gasteiger partial charge in [-0.3, -0.25) is 19.5 Å². The molecule has 6 heteroatoms. The smallest absolute Gasteiger partial charge is 0.269 e. The van der Waals surface area contributed by atoms with Gasteiger partial charge in [0, 0.05) is 30.6 Å². The van der Waals surface area contributed by atoms with Crippen molar-refractivity contribution in [3.63, 3.8) is 0 Å². The lowest BCUT2D eigenvalue weighted by Gasteiger charge is -1.95. The minimum Gasteiger partial charge on any atom is -0.273 e. The average molecular weight is 243 g/mol. The fourth-order valence-corrected chi connectivity index (χ4v) is 1.35. The summed E-state index contributed by atoms with van der Waals surface area (Å²) in [5.74, 6) is -0.231. The number of benzene rings is 1. The second-order valence-electron chi connectivity index (χ2n) is 3.49. The summed E-state index contributed by atoms with van der Waals surface area (Å²) in [7, 11) is 0. The third kappa shape index (κ3) is 2.67. The number of nitro groups is 1. The maximum absolute atomic E-state index is 11.6. The SMILES string of the molecule is O=C(/C=C/c1ccc([N+](=O)[O-])cc1)n1ccnc1. The van der Waals surface area contributed by atoms with Crippen LogP contribution in [0.25, 0.3) is 6.08 Å². The van der Waals surface area contributed by atoms with Gasteiger partial charge in [-0.15, -0.1) is 0 Å². The molecule has 0 aliphatic heterocycles. The Bertz CT molecular complexity index is 586. The summed E-state index contributed by atoms with van der Waals surface area (Å²) in [5.41, 5.74) is 0.738. The second-order valence-corrected chi connectivity index (χ2v) is 3.49. The lowest BCUT2D eigenvalue weighted by atomic mass is 10.2. The molecule has 1 aromatic heterocycles. The van der Waals surface area contributed by atoms with Gasteiger partial charge in [-0.05, 0) is 23.8 Å². The van der Waals surface area contributed by atoms with Gasteiger partial charge in [0.15, 0.2) is 0 Å². The molecule has 0 saturated carbocycles. The number of hydrogen-bond acceptors (Lipinski definition) is 4. The Hall–Kier alpha value is -2.76. The molecular weight excluding hydrogens is 234 g/mol. The molecule has 0 amide bonds. The number of non-ortho nitro benzene ring substituents is 1. The van der Waals surface area contributed by atoms with E-state index < -0.39 is 4.92 Å². The van der Waals surface area contributed by atoms with Gasteiger partial charge in [0.1, 0.15) is 6.33 Å². The van der Waals surface area contributed by atoms with Gasteiger partial charge in [0.2, 0.25) is 0 Å². The predicted octanol–water partition coefficient (Wildman–Crippen LogP) is 2.14. The zero-order chi connectivity index (χ0) is 13.0. The highest BCUT2D eigenvalue weighted by molar-refractivity contribution is 5.93. The molecule has 90 valence electrons. The van der Waals surface area contributed by atoms with Crippen LogP contribution in [-0.4, -0.2) is 20.4 Å². The quantitative estimate of drug-likeness (QED) is 0.470. The van der Waals surface area contributed by atoms with E-state index in [1.54, 1.807) is 24.4 Å². The summed E-state index contributed by atoms with van der Waals surface area (Å²) >= 11 is 0. The Labute approximate surface area is 102 Å². The molecule has 18 heavy (non-hydrogen) atoms. The van der Waals surface area contributed by atoms with E-state index in [9.17, 15) is 14.9 Å². The number of hydrogen-bond donors (Lipinski definition) is 0. The molecule has 0 fully saturated rings. The summed E-state index contributed by atoms with van der Waals surface area (Å²) < 4.78 is 1.34. The molecule has 1 heterocycles. The third-order valence-electron chi connectivity index (χ3n) is 2.28. The first-order valence-electron chi connectivity index (χ1n) is 5.11. The number of carbonyl (C=O) groups excluding carboxylic acids is 1. The van der Waals surface area contributed by atoms with Crippen molar-refractivity contribution in [2.24, 2.45) is 0 Å². The van der Waals surface area contributed by atoms with Crippen molar-refractivity contribution in [3.05, 3.63) is 64.7 Å². The second kappa shape index (κ2) is 5.05. The molecule has 0 unspecified atom stereocenters. The summed E-state index contributed by atoms with van der Waals surface area (Å²) in [6, 6.07) is 5.94. The van der Waals surface area contributed by atoms with Crippen molar-refractivity contribution >= 4 is 17.7 Å². The van der Waals surface area contributed by atoms with E-state index in [1.165, 1.54) is 35.3 Å². The highest BCUT2D eigenvalue weighted by atomic mass is 16.6. The molecule has 6 nitrogen and oxygen atoms in total. The minimum atomic E-state index is -0.468. The summed E-state index contributed by atoms with van der Waals surface area (Å²) in [5, 5.41) is 10.5. The summed E-state index contributed by atoms with van der Waals surface area (Å²) in [6.07, 6.45) is 7.43. The Morgan fingerprint density at radius 1 is 1.33 bits per heavy atom. The van der Waals surface area contributed by atoms with Gasteiger partial charge in [-0.25, -0.2) is 4.98 Å². The van der Waals surface area contributed by atoms with E-state index in [4.69, 9.17) is 0 Å². The maximum Gasteiger partial charge on any atom is 0.269 e. The number of rotatable bonds is 3. The van der Waals surface area contributed by atoms with Crippen molar-refractivity contribution in [2.75, 3.05) is 0 Å². The lowest BCUT2D eigenvalue weighted by molar-refractivity contribution is -0.384. The van der Waals surface area contributed by atoms with E-state index in [0.717, 1.165) is 0 Å². The Morgan fingerprint density at radius 2 is 2.06 bits per heavy atom. The molecule has 0 aliphatic carbocycles. The zero-order valence-corrected chi connectivity index (χ0v) is 9.26. The van der Waals surface area contributed by atoms with E-state index >= 15 is 0 Å². The molecule has 0 saturated heterocycles. The van der Waals surface area contributed by atoms with Gasteiger partial charge in [-0.2, -0.15) is 0 Å². The number of nitrogens with zero attached hydrogens (tertiary/aromatic N) is 3. The van der Waals surface area contributed by atoms with Crippen molar-refractivity contribution < 1.29 is 9.72 Å². The molecule has 0 radical (unpaired) electrons. The van der Waals surface area contributed by atoms with Crippen LogP contribution in [0.1, 0.15) is 10.4 Å². The van der Waals surface area contributed by atoms with Crippen LogP contribution >= 0.6 is 0 Å². The molecule has 2 aromatic rings. The average Bonchev–Trinajstić information content (AvgIpc) is 2.90. The predicted molar refractivity (Wildman–Crippen MR) is 65.0 cm³/mol. The van der Waals surface area contributed by atoms with Gasteiger partial charge < -0.3 is 0 Å². The molecule has 0 N–H and O–H groups in total. The van der Waals surface area contributed by atoms with Crippen molar-refractivity contribution in [1.29, 1.82) is 0 Å². The van der Waals surface area contributed by atoms with E-state index in [2.05, 4.69) is 4.98 Å². The van der Waals surface area contributed by atoms with Gasteiger partial charge in [0.05, 0.1) is 4.92 Å². The fourth-order valence-electron chi connectivity index (χ4n) is 1.35. The number of allylic oxidation sites excluding steroid dienone is 1. The topological polar surface area (TPSA) is 78.0 Å². The van der Waals surface area contributed by atoms with Crippen LogP contribution in [0.15, 0.2) is 49.1 Å². The maximum atomic E-state index is 11.6. The highest BCUT2D eigenvalue weighted by Gasteiger charge is 2.03.